The minimum atomic E-state index is 0.521. The zero-order valence-electron chi connectivity index (χ0n) is 15.1. The van der Waals surface area contributed by atoms with E-state index in [-0.39, 0.29) is 0 Å². The fourth-order valence-electron chi connectivity index (χ4n) is 4.62. The van der Waals surface area contributed by atoms with Gasteiger partial charge in [-0.15, -0.1) is 0 Å². The maximum Gasteiger partial charge on any atom is 0.00928 e. The molecule has 0 aromatic rings. The Bertz CT molecular complexity index is 315. The van der Waals surface area contributed by atoms with E-state index in [1.807, 2.05) is 0 Å². The normalized spacial score (nSPS) is 38.9. The van der Waals surface area contributed by atoms with Crippen LogP contribution in [0.1, 0.15) is 73.1 Å². The highest BCUT2D eigenvalue weighted by Gasteiger charge is 2.38. The zero-order chi connectivity index (χ0) is 15.5. The molecule has 2 aliphatic rings. The van der Waals surface area contributed by atoms with Gasteiger partial charge in [-0.25, -0.2) is 0 Å². The first kappa shape index (κ1) is 17.3. The van der Waals surface area contributed by atoms with Crippen molar-refractivity contribution in [1.29, 1.82) is 0 Å². The quantitative estimate of drug-likeness (QED) is 0.813. The minimum Gasteiger partial charge on any atom is -0.314 e. The fraction of sp³-hybridized carbons (Fsp3) is 1.00. The summed E-state index contributed by atoms with van der Waals surface area (Å²) in [4.78, 5) is 2.81. The van der Waals surface area contributed by atoms with Crippen LogP contribution in [-0.4, -0.2) is 36.6 Å². The number of likely N-dealkylation sites (tertiary alicyclic amines) is 1. The summed E-state index contributed by atoms with van der Waals surface area (Å²) < 4.78 is 0. The molecule has 2 fully saturated rings. The van der Waals surface area contributed by atoms with E-state index in [0.29, 0.717) is 11.5 Å². The molecule has 0 aromatic heterocycles. The predicted molar refractivity (Wildman–Crippen MR) is 92.6 cm³/mol. The van der Waals surface area contributed by atoms with Crippen LogP contribution in [0.2, 0.25) is 0 Å². The SMILES string of the molecule is CC1CCCC(CNC(C)C)(CN2CCCC(C)C2C)C1. The third-order valence-electron chi connectivity index (χ3n) is 6.11. The number of nitrogens with one attached hydrogen (secondary N) is 1. The Labute approximate surface area is 133 Å². The number of nitrogens with zero attached hydrogens (tertiary/aromatic N) is 1. The summed E-state index contributed by atoms with van der Waals surface area (Å²) in [6, 6.07) is 1.38. The van der Waals surface area contributed by atoms with Crippen LogP contribution in [0.3, 0.4) is 0 Å². The van der Waals surface area contributed by atoms with Crippen molar-refractivity contribution in [3.8, 4) is 0 Å². The van der Waals surface area contributed by atoms with E-state index >= 15 is 0 Å². The summed E-state index contributed by atoms with van der Waals surface area (Å²) in [5.74, 6) is 1.78. The van der Waals surface area contributed by atoms with Crippen molar-refractivity contribution in [1.82, 2.24) is 10.2 Å². The number of hydrogen-bond acceptors (Lipinski definition) is 2. The second kappa shape index (κ2) is 7.46. The maximum atomic E-state index is 3.77. The first-order chi connectivity index (χ1) is 9.92. The van der Waals surface area contributed by atoms with Gasteiger partial charge in [-0.3, -0.25) is 4.90 Å². The van der Waals surface area contributed by atoms with Gasteiger partial charge < -0.3 is 5.32 Å². The molecule has 2 heteroatoms. The molecule has 1 N–H and O–H groups in total. The Kier molecular flexibility index (Phi) is 6.14. The van der Waals surface area contributed by atoms with Crippen molar-refractivity contribution in [3.63, 3.8) is 0 Å². The van der Waals surface area contributed by atoms with E-state index in [1.165, 1.54) is 58.2 Å². The molecule has 1 aliphatic heterocycles. The van der Waals surface area contributed by atoms with Crippen LogP contribution in [0.15, 0.2) is 0 Å². The van der Waals surface area contributed by atoms with Gasteiger partial charge in [0.15, 0.2) is 0 Å². The molecule has 1 heterocycles. The summed E-state index contributed by atoms with van der Waals surface area (Å²) in [5.41, 5.74) is 0.521. The van der Waals surface area contributed by atoms with Crippen LogP contribution < -0.4 is 5.32 Å². The second-order valence-electron chi connectivity index (χ2n) is 8.57. The van der Waals surface area contributed by atoms with E-state index in [0.717, 1.165) is 17.9 Å². The van der Waals surface area contributed by atoms with Crippen molar-refractivity contribution >= 4 is 0 Å². The molecule has 0 radical (unpaired) electrons. The Morgan fingerprint density at radius 2 is 1.90 bits per heavy atom. The lowest BCUT2D eigenvalue weighted by Crippen LogP contribution is -2.52. The molecule has 2 rings (SSSR count). The topological polar surface area (TPSA) is 15.3 Å². The highest BCUT2D eigenvalue weighted by atomic mass is 15.2. The Balaban J connectivity index is 2.04. The van der Waals surface area contributed by atoms with Crippen LogP contribution >= 0.6 is 0 Å². The van der Waals surface area contributed by atoms with Crippen molar-refractivity contribution < 1.29 is 0 Å². The largest absolute Gasteiger partial charge is 0.314 e. The fourth-order valence-corrected chi connectivity index (χ4v) is 4.62. The number of piperidine rings is 1. The Morgan fingerprint density at radius 1 is 1.14 bits per heavy atom. The van der Waals surface area contributed by atoms with Gasteiger partial charge in [0.25, 0.3) is 0 Å². The van der Waals surface area contributed by atoms with Gasteiger partial charge in [-0.05, 0) is 56.4 Å². The first-order valence-electron chi connectivity index (χ1n) is 9.39. The molecule has 0 spiro atoms. The molecule has 4 atom stereocenters. The molecule has 1 saturated heterocycles. The first-order valence-corrected chi connectivity index (χ1v) is 9.39. The van der Waals surface area contributed by atoms with E-state index < -0.39 is 0 Å². The molecule has 21 heavy (non-hydrogen) atoms. The monoisotopic (exact) mass is 294 g/mol. The van der Waals surface area contributed by atoms with Crippen molar-refractivity contribution in [2.24, 2.45) is 17.3 Å². The Morgan fingerprint density at radius 3 is 2.57 bits per heavy atom. The van der Waals surface area contributed by atoms with E-state index in [4.69, 9.17) is 0 Å². The summed E-state index contributed by atoms with van der Waals surface area (Å²) in [6.07, 6.45) is 8.53. The van der Waals surface area contributed by atoms with Gasteiger partial charge in [-0.1, -0.05) is 40.5 Å². The third-order valence-corrected chi connectivity index (χ3v) is 6.11. The Hall–Kier alpha value is -0.0800. The second-order valence-corrected chi connectivity index (χ2v) is 8.57. The van der Waals surface area contributed by atoms with Gasteiger partial charge in [0.05, 0.1) is 0 Å². The number of hydrogen-bond donors (Lipinski definition) is 1. The van der Waals surface area contributed by atoms with E-state index in [2.05, 4.69) is 44.8 Å². The highest BCUT2D eigenvalue weighted by Crippen LogP contribution is 2.41. The van der Waals surface area contributed by atoms with E-state index in [1.54, 1.807) is 0 Å². The molecule has 4 unspecified atom stereocenters. The summed E-state index contributed by atoms with van der Waals surface area (Å²) >= 11 is 0. The molecule has 0 aromatic carbocycles. The lowest BCUT2D eigenvalue weighted by atomic mass is 9.69. The summed E-state index contributed by atoms with van der Waals surface area (Å²) in [5, 5.41) is 3.77. The highest BCUT2D eigenvalue weighted by molar-refractivity contribution is 4.92. The molecule has 124 valence electrons. The third kappa shape index (κ3) is 4.69. The summed E-state index contributed by atoms with van der Waals surface area (Å²) in [7, 11) is 0. The molecule has 0 bridgehead atoms. The average Bonchev–Trinajstić information content (AvgIpc) is 2.42. The zero-order valence-corrected chi connectivity index (χ0v) is 15.1. The van der Waals surface area contributed by atoms with Gasteiger partial charge in [0, 0.05) is 25.2 Å². The summed E-state index contributed by atoms with van der Waals surface area (Å²) in [6.45, 7) is 15.8. The van der Waals surface area contributed by atoms with Crippen molar-refractivity contribution in [2.45, 2.75) is 85.2 Å². The minimum absolute atomic E-state index is 0.521. The van der Waals surface area contributed by atoms with E-state index in [9.17, 15) is 0 Å². The van der Waals surface area contributed by atoms with Gasteiger partial charge in [0.2, 0.25) is 0 Å². The van der Waals surface area contributed by atoms with Crippen molar-refractivity contribution in [2.75, 3.05) is 19.6 Å². The molecular weight excluding hydrogens is 256 g/mol. The number of rotatable bonds is 5. The van der Waals surface area contributed by atoms with Crippen LogP contribution in [-0.2, 0) is 0 Å². The standard InChI is InChI=1S/C19H38N2/c1-15(2)20-13-19(10-6-8-16(3)12-19)14-21-11-7-9-17(4)18(21)5/h15-18,20H,6-14H2,1-5H3. The lowest BCUT2D eigenvalue weighted by molar-refractivity contribution is 0.0277. The van der Waals surface area contributed by atoms with Crippen LogP contribution in [0.5, 0.6) is 0 Å². The van der Waals surface area contributed by atoms with Crippen LogP contribution in [0.25, 0.3) is 0 Å². The van der Waals surface area contributed by atoms with Crippen molar-refractivity contribution in [3.05, 3.63) is 0 Å². The molecule has 0 amide bonds. The molecule has 1 saturated carbocycles. The molecule has 1 aliphatic carbocycles. The predicted octanol–water partition coefficient (Wildman–Crippen LogP) is 4.30. The maximum absolute atomic E-state index is 3.77. The van der Waals surface area contributed by atoms with Gasteiger partial charge in [-0.2, -0.15) is 0 Å². The lowest BCUT2D eigenvalue weighted by Gasteiger charge is -2.48. The van der Waals surface area contributed by atoms with Gasteiger partial charge in [0.1, 0.15) is 0 Å². The van der Waals surface area contributed by atoms with Gasteiger partial charge >= 0.3 is 0 Å². The molecular formula is C19H38N2. The van der Waals surface area contributed by atoms with Crippen LogP contribution in [0.4, 0.5) is 0 Å². The smallest absolute Gasteiger partial charge is 0.00928 e. The van der Waals surface area contributed by atoms with Crippen LogP contribution in [0, 0.1) is 17.3 Å². The molecule has 2 nitrogen and oxygen atoms in total. The average molecular weight is 295 g/mol.